The molecule has 0 spiro atoms. The zero-order chi connectivity index (χ0) is 44.6. The van der Waals surface area contributed by atoms with Crippen LogP contribution in [0.4, 0.5) is 34.1 Å². The van der Waals surface area contributed by atoms with Crippen LogP contribution < -0.4 is 9.80 Å². The van der Waals surface area contributed by atoms with E-state index in [1.54, 1.807) is 0 Å². The second kappa shape index (κ2) is 15.3. The summed E-state index contributed by atoms with van der Waals surface area (Å²) in [5.41, 5.74) is 19.2. The fraction of sp³-hybridized carbons (Fsp3) is 0.0476. The number of hydrogen-bond donors (Lipinski definition) is 0. The largest absolute Gasteiger partial charge is 0.454 e. The van der Waals surface area contributed by atoms with Gasteiger partial charge in [0.25, 0.3) is 0 Å². The molecule has 0 unspecified atom stereocenters. The fourth-order valence-electron chi connectivity index (χ4n) is 10.5. The van der Waals surface area contributed by atoms with Crippen LogP contribution in [-0.2, 0) is 5.41 Å². The van der Waals surface area contributed by atoms with Crippen LogP contribution >= 0.6 is 0 Å². The topological polar surface area (TPSA) is 32.8 Å². The quantitative estimate of drug-likeness (QED) is 0.152. The SMILES string of the molecule is CC1(C)c2cc(N(c3ccccc3)c3ccc(-c4ccc(-c5ccccc5)cc4)cc3)ccc2-c2ccc(N(c3cccc4c3oc3ccccc34)c3cccc4c3oc3ccccc34)cc21. The molecule has 12 aromatic rings. The first kappa shape index (κ1) is 38.8. The lowest BCUT2D eigenvalue weighted by molar-refractivity contribution is 0.660. The zero-order valence-electron chi connectivity index (χ0n) is 37.2. The van der Waals surface area contributed by atoms with E-state index in [2.05, 4.69) is 230 Å². The van der Waals surface area contributed by atoms with Gasteiger partial charge in [0.15, 0.2) is 11.2 Å². The molecule has 0 saturated heterocycles. The highest BCUT2D eigenvalue weighted by molar-refractivity contribution is 6.14. The third kappa shape index (κ3) is 6.29. The summed E-state index contributed by atoms with van der Waals surface area (Å²) in [6, 6.07) is 82.5. The maximum absolute atomic E-state index is 6.74. The lowest BCUT2D eigenvalue weighted by Crippen LogP contribution is -2.17. The van der Waals surface area contributed by atoms with Crippen LogP contribution in [0.2, 0.25) is 0 Å². The molecule has 10 aromatic carbocycles. The van der Waals surface area contributed by atoms with E-state index in [9.17, 15) is 0 Å². The maximum atomic E-state index is 6.74. The molecule has 4 nitrogen and oxygen atoms in total. The van der Waals surface area contributed by atoms with Crippen LogP contribution in [0.15, 0.2) is 239 Å². The summed E-state index contributed by atoms with van der Waals surface area (Å²) in [5, 5.41) is 4.34. The highest BCUT2D eigenvalue weighted by Gasteiger charge is 2.37. The first-order valence-electron chi connectivity index (χ1n) is 23.0. The predicted octanol–water partition coefficient (Wildman–Crippen LogP) is 18.1. The molecule has 0 amide bonds. The van der Waals surface area contributed by atoms with Gasteiger partial charge in [-0.25, -0.2) is 0 Å². The monoisotopic (exact) mass is 860 g/mol. The number of rotatable bonds is 8. The normalized spacial score (nSPS) is 12.7. The van der Waals surface area contributed by atoms with Crippen LogP contribution in [-0.4, -0.2) is 0 Å². The third-order valence-corrected chi connectivity index (χ3v) is 13.9. The lowest BCUT2D eigenvalue weighted by atomic mass is 9.82. The van der Waals surface area contributed by atoms with Gasteiger partial charge < -0.3 is 18.6 Å². The number of furan rings is 2. The Kier molecular flexibility index (Phi) is 8.84. The molecule has 0 fully saturated rings. The number of anilines is 6. The van der Waals surface area contributed by atoms with Gasteiger partial charge in [-0.2, -0.15) is 0 Å². The van der Waals surface area contributed by atoms with E-state index in [1.165, 1.54) is 44.5 Å². The van der Waals surface area contributed by atoms with Crippen molar-refractivity contribution in [2.75, 3.05) is 9.80 Å². The average Bonchev–Trinajstić information content (AvgIpc) is 4.03. The Morgan fingerprint density at radius 1 is 0.313 bits per heavy atom. The van der Waals surface area contributed by atoms with Crippen molar-refractivity contribution in [1.82, 2.24) is 0 Å². The molecule has 4 heteroatoms. The molecule has 1 aliphatic carbocycles. The van der Waals surface area contributed by atoms with E-state index in [-0.39, 0.29) is 5.41 Å². The zero-order valence-corrected chi connectivity index (χ0v) is 37.2. The molecule has 0 bridgehead atoms. The van der Waals surface area contributed by atoms with Gasteiger partial charge in [0.05, 0.1) is 11.4 Å². The van der Waals surface area contributed by atoms with Gasteiger partial charge in [0.2, 0.25) is 0 Å². The molecular weight excluding hydrogens is 817 g/mol. The Bertz CT molecular complexity index is 3710. The molecule has 0 saturated carbocycles. The number of nitrogens with zero attached hydrogens (tertiary/aromatic N) is 2. The van der Waals surface area contributed by atoms with Crippen LogP contribution in [0.3, 0.4) is 0 Å². The molecule has 0 N–H and O–H groups in total. The molecule has 13 rings (SSSR count). The Labute approximate surface area is 389 Å². The average molecular weight is 861 g/mol. The van der Waals surface area contributed by atoms with E-state index in [0.717, 1.165) is 78.0 Å². The first-order chi connectivity index (χ1) is 33.0. The van der Waals surface area contributed by atoms with E-state index < -0.39 is 0 Å². The van der Waals surface area contributed by atoms with E-state index >= 15 is 0 Å². The van der Waals surface area contributed by atoms with Gasteiger partial charge in [0, 0.05) is 49.7 Å². The molecule has 0 aliphatic heterocycles. The van der Waals surface area contributed by atoms with Crippen LogP contribution in [0.5, 0.6) is 0 Å². The minimum Gasteiger partial charge on any atom is -0.454 e. The van der Waals surface area contributed by atoms with E-state index in [1.807, 2.05) is 24.3 Å². The van der Waals surface area contributed by atoms with Crippen LogP contribution in [0, 0.1) is 0 Å². The fourth-order valence-corrected chi connectivity index (χ4v) is 10.5. The van der Waals surface area contributed by atoms with Crippen molar-refractivity contribution in [2.45, 2.75) is 19.3 Å². The molecular formula is C63H44N2O2. The molecule has 0 radical (unpaired) electrons. The van der Waals surface area contributed by atoms with E-state index in [4.69, 9.17) is 8.83 Å². The smallest absolute Gasteiger partial charge is 0.159 e. The van der Waals surface area contributed by atoms with Gasteiger partial charge in [-0.1, -0.05) is 172 Å². The standard InChI is InChI=1S/C63H44N2O2/c1-63(2)55-39-47(64(45-17-7-4-8-18-45)46-33-31-44(32-34-46)43-29-27-42(28-30-43)41-15-5-3-6-16-41)35-37-49(55)50-38-36-48(40-56(50)63)65(57-23-13-21-53-51-19-9-11-25-59(51)66-61(53)57)58-24-14-22-54-52-20-10-12-26-60(52)67-62(54)58/h3-40H,1-2H3. The number of fused-ring (bicyclic) bond motifs is 9. The summed E-state index contributed by atoms with van der Waals surface area (Å²) < 4.78 is 13.5. The Hall–Kier alpha value is -8.60. The molecule has 318 valence electrons. The van der Waals surface area contributed by atoms with E-state index in [0.29, 0.717) is 0 Å². The molecule has 2 aromatic heterocycles. The van der Waals surface area contributed by atoms with Crippen molar-refractivity contribution in [2.24, 2.45) is 0 Å². The molecule has 1 aliphatic rings. The van der Waals surface area contributed by atoms with Gasteiger partial charge in [0.1, 0.15) is 11.2 Å². The van der Waals surface area contributed by atoms with Crippen molar-refractivity contribution < 1.29 is 8.83 Å². The number of benzene rings is 10. The molecule has 0 atom stereocenters. The van der Waals surface area contributed by atoms with Gasteiger partial charge in [-0.15, -0.1) is 0 Å². The second-order valence-corrected chi connectivity index (χ2v) is 18.1. The van der Waals surface area contributed by atoms with Crippen molar-refractivity contribution in [1.29, 1.82) is 0 Å². The van der Waals surface area contributed by atoms with Gasteiger partial charge in [-0.05, 0) is 117 Å². The molecule has 2 heterocycles. The van der Waals surface area contributed by atoms with Crippen molar-refractivity contribution in [3.05, 3.63) is 242 Å². The lowest BCUT2D eigenvalue weighted by Gasteiger charge is -2.29. The summed E-state index contributed by atoms with van der Waals surface area (Å²) in [6.07, 6.45) is 0. The van der Waals surface area contributed by atoms with Gasteiger partial charge >= 0.3 is 0 Å². The minimum absolute atomic E-state index is 0.322. The summed E-state index contributed by atoms with van der Waals surface area (Å²) in [7, 11) is 0. The first-order valence-corrected chi connectivity index (χ1v) is 23.0. The molecule has 67 heavy (non-hydrogen) atoms. The number of para-hydroxylation sites is 5. The third-order valence-electron chi connectivity index (χ3n) is 13.9. The Morgan fingerprint density at radius 2 is 0.701 bits per heavy atom. The maximum Gasteiger partial charge on any atom is 0.159 e. The highest BCUT2D eigenvalue weighted by atomic mass is 16.3. The Morgan fingerprint density at radius 3 is 1.22 bits per heavy atom. The predicted molar refractivity (Wildman–Crippen MR) is 279 cm³/mol. The van der Waals surface area contributed by atoms with Crippen molar-refractivity contribution in [3.8, 4) is 33.4 Å². The summed E-state index contributed by atoms with van der Waals surface area (Å²) in [4.78, 5) is 4.70. The minimum atomic E-state index is -0.322. The highest BCUT2D eigenvalue weighted by Crippen LogP contribution is 2.54. The second-order valence-electron chi connectivity index (χ2n) is 18.1. The summed E-state index contributed by atoms with van der Waals surface area (Å²) >= 11 is 0. The summed E-state index contributed by atoms with van der Waals surface area (Å²) in [5.74, 6) is 0. The Balaban J connectivity index is 0.910. The van der Waals surface area contributed by atoms with Crippen LogP contribution in [0.25, 0.3) is 77.3 Å². The van der Waals surface area contributed by atoms with Crippen molar-refractivity contribution >= 4 is 78.0 Å². The summed E-state index contributed by atoms with van der Waals surface area (Å²) in [6.45, 7) is 4.72. The van der Waals surface area contributed by atoms with Gasteiger partial charge in [-0.3, -0.25) is 0 Å². The van der Waals surface area contributed by atoms with Crippen LogP contribution in [0.1, 0.15) is 25.0 Å². The number of hydrogen-bond acceptors (Lipinski definition) is 4. The van der Waals surface area contributed by atoms with Crippen molar-refractivity contribution in [3.63, 3.8) is 0 Å².